The van der Waals surface area contributed by atoms with Crippen LogP contribution in [0.1, 0.15) is 31.9 Å². The number of hydrogen-bond donors (Lipinski definition) is 3. The number of benzene rings is 2. The molecule has 3 N–H and O–H groups in total. The molecule has 2 aromatic carbocycles. The molecule has 0 radical (unpaired) electrons. The topological polar surface area (TPSA) is 91.7 Å². The van der Waals surface area contributed by atoms with Crippen LogP contribution >= 0.6 is 0 Å². The number of rotatable bonds is 5. The fourth-order valence-corrected chi connectivity index (χ4v) is 4.10. The predicted octanol–water partition coefficient (Wildman–Crippen LogP) is 7.09. The van der Waals surface area contributed by atoms with Crippen molar-refractivity contribution in [2.24, 2.45) is 0 Å². The van der Waals surface area contributed by atoms with Gasteiger partial charge < -0.3 is 20.0 Å². The largest absolute Gasteiger partial charge is 0.405 e. The number of nitrogens with one attached hydrogen (secondary N) is 3. The van der Waals surface area contributed by atoms with Gasteiger partial charge in [-0.3, -0.25) is 0 Å². The molecule has 3 aromatic heterocycles. The maximum Gasteiger partial charge on any atom is 0.405 e. The fraction of sp³-hybridized carbons (Fsp3) is 0.269. The molecule has 0 bridgehead atoms. The van der Waals surface area contributed by atoms with E-state index in [0.29, 0.717) is 16.9 Å². The van der Waals surface area contributed by atoms with E-state index < -0.39 is 12.7 Å². The number of aryl methyl sites for hydroxylation is 1. The van der Waals surface area contributed by atoms with Crippen LogP contribution in [0.25, 0.3) is 33.4 Å². The Morgan fingerprint density at radius 1 is 0.972 bits per heavy atom. The molecule has 0 spiro atoms. The summed E-state index contributed by atoms with van der Waals surface area (Å²) in [6.45, 7) is 6.76. The molecule has 10 heteroatoms. The van der Waals surface area contributed by atoms with Crippen LogP contribution in [-0.2, 0) is 5.41 Å². The Morgan fingerprint density at radius 3 is 2.53 bits per heavy atom. The average molecular weight is 495 g/mol. The molecule has 36 heavy (non-hydrogen) atoms. The first-order valence-electron chi connectivity index (χ1n) is 11.4. The molecule has 7 nitrogen and oxygen atoms in total. The van der Waals surface area contributed by atoms with Crippen molar-refractivity contribution in [1.29, 1.82) is 0 Å². The van der Waals surface area contributed by atoms with Crippen LogP contribution in [0, 0.1) is 6.92 Å². The molecular weight excluding hydrogens is 469 g/mol. The summed E-state index contributed by atoms with van der Waals surface area (Å²) in [7, 11) is 0. The van der Waals surface area contributed by atoms with Gasteiger partial charge in [0.05, 0.1) is 5.52 Å². The van der Waals surface area contributed by atoms with Gasteiger partial charge in [-0.1, -0.05) is 31.9 Å². The van der Waals surface area contributed by atoms with Crippen LogP contribution in [0.3, 0.4) is 0 Å². The van der Waals surface area contributed by atoms with Crippen molar-refractivity contribution >= 4 is 39.2 Å². The number of H-pyrrole nitrogens is 1. The Kier molecular flexibility index (Phi) is 5.61. The third-order valence-electron chi connectivity index (χ3n) is 5.87. The normalized spacial score (nSPS) is 12.4. The van der Waals surface area contributed by atoms with E-state index in [1.807, 2.05) is 58.2 Å². The standard InChI is InChI=1S/C26H25F3N6O/c1-14-9-21(23-34-35-24(36-23)32-16-6-5-15-7-8-30-20(15)12-16)33-22-18(14)10-17(31-13-26(27,28)29)11-19(22)25(2,3)4/h5-12,30-31H,13H2,1-4H3,(H,32,35). The van der Waals surface area contributed by atoms with Gasteiger partial charge in [-0.25, -0.2) is 4.98 Å². The molecule has 0 aliphatic carbocycles. The molecule has 0 atom stereocenters. The lowest BCUT2D eigenvalue weighted by molar-refractivity contribution is -0.115. The van der Waals surface area contributed by atoms with Gasteiger partial charge >= 0.3 is 12.2 Å². The SMILES string of the molecule is Cc1cc(-c2nnc(Nc3ccc4cc[nH]c4c3)o2)nc2c(C(C)(C)C)cc(NCC(F)(F)F)cc12. The summed E-state index contributed by atoms with van der Waals surface area (Å²) in [4.78, 5) is 7.96. The molecule has 0 unspecified atom stereocenters. The highest BCUT2D eigenvalue weighted by Gasteiger charge is 2.27. The van der Waals surface area contributed by atoms with Crippen LogP contribution in [0.15, 0.2) is 53.1 Å². The van der Waals surface area contributed by atoms with E-state index in [-0.39, 0.29) is 17.3 Å². The first-order chi connectivity index (χ1) is 17.0. The van der Waals surface area contributed by atoms with Crippen molar-refractivity contribution in [3.8, 4) is 11.6 Å². The summed E-state index contributed by atoms with van der Waals surface area (Å²) in [6.07, 6.45) is -2.45. The predicted molar refractivity (Wildman–Crippen MR) is 135 cm³/mol. The number of fused-ring (bicyclic) bond motifs is 2. The minimum atomic E-state index is -4.31. The third kappa shape index (κ3) is 4.84. The number of aromatic amines is 1. The van der Waals surface area contributed by atoms with Crippen LogP contribution in [0.5, 0.6) is 0 Å². The van der Waals surface area contributed by atoms with Gasteiger partial charge in [-0.05, 0) is 65.3 Å². The lowest BCUT2D eigenvalue weighted by atomic mass is 9.84. The number of aromatic nitrogens is 4. The number of alkyl halides is 3. The Bertz CT molecular complexity index is 1560. The van der Waals surface area contributed by atoms with Crippen molar-refractivity contribution in [2.75, 3.05) is 17.2 Å². The van der Waals surface area contributed by atoms with Crippen molar-refractivity contribution < 1.29 is 17.6 Å². The summed E-state index contributed by atoms with van der Waals surface area (Å²) >= 11 is 0. The average Bonchev–Trinajstić information content (AvgIpc) is 3.45. The molecule has 0 aliphatic rings. The minimum Gasteiger partial charge on any atom is -0.401 e. The van der Waals surface area contributed by atoms with Crippen LogP contribution in [0.2, 0.25) is 0 Å². The third-order valence-corrected chi connectivity index (χ3v) is 5.87. The Labute approximate surface area is 205 Å². The van der Waals surface area contributed by atoms with Gasteiger partial charge in [0.25, 0.3) is 5.89 Å². The van der Waals surface area contributed by atoms with E-state index in [1.54, 1.807) is 18.2 Å². The molecule has 5 aromatic rings. The summed E-state index contributed by atoms with van der Waals surface area (Å²) in [5, 5.41) is 15.7. The molecule has 0 saturated carbocycles. The monoisotopic (exact) mass is 494 g/mol. The second-order valence-corrected chi connectivity index (χ2v) is 9.78. The maximum atomic E-state index is 12.8. The smallest absolute Gasteiger partial charge is 0.401 e. The molecule has 0 fully saturated rings. The van der Waals surface area contributed by atoms with Gasteiger partial charge in [0.2, 0.25) is 0 Å². The summed E-state index contributed by atoms with van der Waals surface area (Å²) < 4.78 is 44.2. The fourth-order valence-electron chi connectivity index (χ4n) is 4.10. The minimum absolute atomic E-state index is 0.221. The molecule has 0 aliphatic heterocycles. The van der Waals surface area contributed by atoms with Crippen molar-refractivity contribution in [3.63, 3.8) is 0 Å². The molecule has 3 heterocycles. The maximum absolute atomic E-state index is 12.8. The Hall–Kier alpha value is -4.08. The van der Waals surface area contributed by atoms with Crippen LogP contribution < -0.4 is 10.6 Å². The first-order valence-corrected chi connectivity index (χ1v) is 11.4. The number of halogens is 3. The molecule has 186 valence electrons. The molecule has 0 saturated heterocycles. The van der Waals surface area contributed by atoms with Gasteiger partial charge in [0.1, 0.15) is 12.2 Å². The number of hydrogen-bond acceptors (Lipinski definition) is 6. The Morgan fingerprint density at radius 2 is 1.78 bits per heavy atom. The van der Waals surface area contributed by atoms with Gasteiger partial charge in [0, 0.05) is 28.5 Å². The van der Waals surface area contributed by atoms with Crippen LogP contribution in [-0.4, -0.2) is 32.9 Å². The van der Waals surface area contributed by atoms with E-state index in [1.165, 1.54) is 0 Å². The highest BCUT2D eigenvalue weighted by molar-refractivity contribution is 5.91. The quantitative estimate of drug-likeness (QED) is 0.242. The summed E-state index contributed by atoms with van der Waals surface area (Å²) in [6, 6.07) is 13.3. The molecule has 5 rings (SSSR count). The van der Waals surface area contributed by atoms with E-state index >= 15 is 0 Å². The van der Waals surface area contributed by atoms with Crippen LogP contribution in [0.4, 0.5) is 30.6 Å². The first kappa shape index (κ1) is 23.7. The second-order valence-electron chi connectivity index (χ2n) is 9.78. The van der Waals surface area contributed by atoms with Gasteiger partial charge in [-0.2, -0.15) is 13.2 Å². The van der Waals surface area contributed by atoms with E-state index in [0.717, 1.165) is 33.1 Å². The van der Waals surface area contributed by atoms with E-state index in [2.05, 4.69) is 25.8 Å². The van der Waals surface area contributed by atoms with Crippen molar-refractivity contribution in [1.82, 2.24) is 20.2 Å². The van der Waals surface area contributed by atoms with Crippen molar-refractivity contribution in [2.45, 2.75) is 39.3 Å². The lowest BCUT2D eigenvalue weighted by Gasteiger charge is -2.23. The highest BCUT2D eigenvalue weighted by Crippen LogP contribution is 2.36. The zero-order chi connectivity index (χ0) is 25.7. The number of anilines is 3. The summed E-state index contributed by atoms with van der Waals surface area (Å²) in [5.41, 5.74) is 4.60. The zero-order valence-electron chi connectivity index (χ0n) is 20.2. The Balaban J connectivity index is 1.50. The van der Waals surface area contributed by atoms with E-state index in [4.69, 9.17) is 9.40 Å². The second kappa shape index (κ2) is 8.54. The van der Waals surface area contributed by atoms with Crippen molar-refractivity contribution in [3.05, 3.63) is 59.8 Å². The zero-order valence-corrected chi connectivity index (χ0v) is 20.2. The van der Waals surface area contributed by atoms with Gasteiger partial charge in [-0.15, -0.1) is 5.10 Å². The van der Waals surface area contributed by atoms with E-state index in [9.17, 15) is 13.2 Å². The lowest BCUT2D eigenvalue weighted by Crippen LogP contribution is -2.22. The molecule has 0 amide bonds. The number of nitrogens with zero attached hydrogens (tertiary/aromatic N) is 3. The number of pyridine rings is 1. The summed E-state index contributed by atoms with van der Waals surface area (Å²) in [5.74, 6) is 0.239. The molecular formula is C26H25F3N6O. The highest BCUT2D eigenvalue weighted by atomic mass is 19.4. The van der Waals surface area contributed by atoms with Gasteiger partial charge in [0.15, 0.2) is 0 Å².